The minimum atomic E-state index is 0.604. The predicted octanol–water partition coefficient (Wildman–Crippen LogP) is 5.77. The molecule has 2 aromatic heterocycles. The van der Waals surface area contributed by atoms with E-state index in [9.17, 15) is 5.26 Å². The molecule has 0 radical (unpaired) electrons. The van der Waals surface area contributed by atoms with Crippen molar-refractivity contribution >= 4 is 22.3 Å². The van der Waals surface area contributed by atoms with Crippen LogP contribution in [0.25, 0.3) is 27.9 Å². The number of pyridine rings is 2. The van der Waals surface area contributed by atoms with Crippen LogP contribution in [0.2, 0.25) is 0 Å². The first-order chi connectivity index (χ1) is 17.1. The molecule has 1 N–H and O–H groups in total. The van der Waals surface area contributed by atoms with Crippen molar-refractivity contribution in [2.45, 2.75) is 39.5 Å². The Kier molecular flexibility index (Phi) is 8.33. The molecule has 0 aliphatic carbocycles. The highest BCUT2D eigenvalue weighted by Crippen LogP contribution is 2.31. The van der Waals surface area contributed by atoms with Crippen LogP contribution in [0.15, 0.2) is 49.3 Å². The molecule has 3 heterocycles. The lowest BCUT2D eigenvalue weighted by Gasteiger charge is -2.26. The van der Waals surface area contributed by atoms with Crippen LogP contribution in [-0.4, -0.2) is 59.0 Å². The molecule has 0 amide bonds. The second-order valence-corrected chi connectivity index (χ2v) is 9.12. The van der Waals surface area contributed by atoms with Crippen LogP contribution >= 0.6 is 0 Å². The Balaban J connectivity index is 1.59. The molecule has 6 heteroatoms. The van der Waals surface area contributed by atoms with E-state index in [1.54, 1.807) is 6.20 Å². The third kappa shape index (κ3) is 5.80. The van der Waals surface area contributed by atoms with Crippen molar-refractivity contribution in [2.75, 3.05) is 44.6 Å². The number of anilines is 1. The Bertz CT molecular complexity index is 1200. The number of nitrogens with one attached hydrogen (secondary N) is 1. The maximum absolute atomic E-state index is 9.97. The number of aromatic nitrogens is 2. The zero-order valence-corrected chi connectivity index (χ0v) is 21.1. The molecule has 1 saturated heterocycles. The number of fused-ring (bicyclic) bond motifs is 1. The van der Waals surface area contributed by atoms with E-state index in [4.69, 9.17) is 4.98 Å². The van der Waals surface area contributed by atoms with Gasteiger partial charge in [0.05, 0.1) is 22.8 Å². The number of hydrogen-bond donors (Lipinski definition) is 1. The van der Waals surface area contributed by atoms with Crippen LogP contribution in [0.3, 0.4) is 0 Å². The normalized spacial score (nSPS) is 14.0. The summed E-state index contributed by atoms with van der Waals surface area (Å²) in [6.07, 6.45) is 8.72. The molecule has 3 aromatic rings. The monoisotopic (exact) mass is 468 g/mol. The van der Waals surface area contributed by atoms with Crippen LogP contribution in [0, 0.1) is 11.3 Å². The highest BCUT2D eigenvalue weighted by Gasteiger charge is 2.15. The molecule has 1 aliphatic rings. The molecule has 0 saturated carbocycles. The van der Waals surface area contributed by atoms with Gasteiger partial charge in [0.25, 0.3) is 0 Å². The number of benzene rings is 1. The molecular formula is C29H36N6. The topological polar surface area (TPSA) is 68.1 Å². The zero-order valence-electron chi connectivity index (χ0n) is 21.1. The molecular weight excluding hydrogens is 432 g/mol. The standard InChI is InChI=1S/C29H36N6/c1-4-35(5-2)22(3)23-10-11-25(24(18-23)20-30)29-19-28(26-21-31-14-12-27(26)33-29)32-13-9-17-34-15-7-6-8-16-34/h10-12,14,18-19,21H,3-9,13,15-17H2,1-2H3,(H,32,33). The van der Waals surface area contributed by atoms with Crippen LogP contribution in [0.5, 0.6) is 0 Å². The Morgan fingerprint density at radius 3 is 2.69 bits per heavy atom. The fourth-order valence-corrected chi connectivity index (χ4v) is 4.89. The SMILES string of the molecule is C=C(c1ccc(-c2cc(NCCCN3CCCCC3)c3cnccc3n2)c(C#N)c1)N(CC)CC. The second kappa shape index (κ2) is 11.8. The first kappa shape index (κ1) is 24.7. The van der Waals surface area contributed by atoms with Crippen molar-refractivity contribution in [3.05, 3.63) is 60.4 Å². The first-order valence-corrected chi connectivity index (χ1v) is 12.8. The van der Waals surface area contributed by atoms with Gasteiger partial charge in [-0.05, 0) is 76.5 Å². The third-order valence-corrected chi connectivity index (χ3v) is 6.92. The summed E-state index contributed by atoms with van der Waals surface area (Å²) >= 11 is 0. The number of rotatable bonds is 10. The van der Waals surface area contributed by atoms with Gasteiger partial charge in [0.15, 0.2) is 0 Å². The Labute approximate surface area is 209 Å². The van der Waals surface area contributed by atoms with E-state index in [-0.39, 0.29) is 0 Å². The zero-order chi connectivity index (χ0) is 24.6. The van der Waals surface area contributed by atoms with Gasteiger partial charge in [-0.15, -0.1) is 0 Å². The number of nitriles is 1. The number of piperidine rings is 1. The molecule has 6 nitrogen and oxygen atoms in total. The smallest absolute Gasteiger partial charge is 0.0999 e. The molecule has 0 unspecified atom stereocenters. The third-order valence-electron chi connectivity index (χ3n) is 6.92. The van der Waals surface area contributed by atoms with Crippen molar-refractivity contribution in [3.63, 3.8) is 0 Å². The molecule has 1 aromatic carbocycles. The van der Waals surface area contributed by atoms with Crippen molar-refractivity contribution in [3.8, 4) is 17.3 Å². The van der Waals surface area contributed by atoms with E-state index < -0.39 is 0 Å². The molecule has 182 valence electrons. The summed E-state index contributed by atoms with van der Waals surface area (Å²) < 4.78 is 0. The van der Waals surface area contributed by atoms with E-state index in [1.165, 1.54) is 32.4 Å². The lowest BCUT2D eigenvalue weighted by atomic mass is 9.99. The van der Waals surface area contributed by atoms with E-state index >= 15 is 0 Å². The molecule has 0 atom stereocenters. The second-order valence-electron chi connectivity index (χ2n) is 9.12. The minimum Gasteiger partial charge on any atom is -0.384 e. The number of likely N-dealkylation sites (tertiary alicyclic amines) is 1. The van der Waals surface area contributed by atoms with Gasteiger partial charge in [0.2, 0.25) is 0 Å². The lowest BCUT2D eigenvalue weighted by Crippen LogP contribution is -2.31. The summed E-state index contributed by atoms with van der Waals surface area (Å²) in [5.74, 6) is 0. The van der Waals surface area contributed by atoms with Crippen molar-refractivity contribution < 1.29 is 0 Å². The van der Waals surface area contributed by atoms with E-state index in [1.807, 2.05) is 30.5 Å². The van der Waals surface area contributed by atoms with Crippen molar-refractivity contribution in [1.82, 2.24) is 19.8 Å². The predicted molar refractivity (Wildman–Crippen MR) is 145 cm³/mol. The highest BCUT2D eigenvalue weighted by molar-refractivity contribution is 5.93. The summed E-state index contributed by atoms with van der Waals surface area (Å²) in [6.45, 7) is 14.7. The molecule has 1 fully saturated rings. The Morgan fingerprint density at radius 2 is 1.94 bits per heavy atom. The fourth-order valence-electron chi connectivity index (χ4n) is 4.89. The van der Waals surface area contributed by atoms with Gasteiger partial charge in [-0.2, -0.15) is 5.26 Å². The van der Waals surface area contributed by atoms with Crippen LogP contribution in [-0.2, 0) is 0 Å². The average molecular weight is 469 g/mol. The van der Waals surface area contributed by atoms with E-state index in [2.05, 4.69) is 52.7 Å². The average Bonchev–Trinajstić information content (AvgIpc) is 2.91. The van der Waals surface area contributed by atoms with Gasteiger partial charge in [0, 0.05) is 54.4 Å². The summed E-state index contributed by atoms with van der Waals surface area (Å²) in [7, 11) is 0. The van der Waals surface area contributed by atoms with Crippen molar-refractivity contribution in [1.29, 1.82) is 5.26 Å². The highest BCUT2D eigenvalue weighted by atomic mass is 15.1. The van der Waals surface area contributed by atoms with Crippen molar-refractivity contribution in [2.24, 2.45) is 0 Å². The molecule has 0 bridgehead atoms. The maximum atomic E-state index is 9.97. The maximum Gasteiger partial charge on any atom is 0.0999 e. The largest absolute Gasteiger partial charge is 0.384 e. The molecule has 35 heavy (non-hydrogen) atoms. The van der Waals surface area contributed by atoms with E-state index in [0.29, 0.717) is 5.56 Å². The quantitative estimate of drug-likeness (QED) is 0.381. The molecule has 4 rings (SSSR count). The number of hydrogen-bond acceptors (Lipinski definition) is 6. The Morgan fingerprint density at radius 1 is 1.14 bits per heavy atom. The molecule has 1 aliphatic heterocycles. The first-order valence-electron chi connectivity index (χ1n) is 12.8. The van der Waals surface area contributed by atoms with E-state index in [0.717, 1.165) is 71.7 Å². The molecule has 0 spiro atoms. The van der Waals surface area contributed by atoms with Gasteiger partial charge >= 0.3 is 0 Å². The Hall–Kier alpha value is -3.43. The van der Waals surface area contributed by atoms with Gasteiger partial charge < -0.3 is 15.1 Å². The van der Waals surface area contributed by atoms with Gasteiger partial charge in [0.1, 0.15) is 0 Å². The summed E-state index contributed by atoms with van der Waals surface area (Å²) in [5, 5.41) is 14.6. The van der Waals surface area contributed by atoms with Crippen LogP contribution in [0.4, 0.5) is 5.69 Å². The minimum absolute atomic E-state index is 0.604. The van der Waals surface area contributed by atoms with Gasteiger partial charge in [-0.25, -0.2) is 4.98 Å². The van der Waals surface area contributed by atoms with Crippen LogP contribution in [0.1, 0.15) is 50.7 Å². The van der Waals surface area contributed by atoms with Crippen LogP contribution < -0.4 is 5.32 Å². The number of nitrogens with zero attached hydrogens (tertiary/aromatic N) is 5. The van der Waals surface area contributed by atoms with Gasteiger partial charge in [-0.3, -0.25) is 4.98 Å². The van der Waals surface area contributed by atoms with Gasteiger partial charge in [-0.1, -0.05) is 25.1 Å². The lowest BCUT2D eigenvalue weighted by molar-refractivity contribution is 0.228. The summed E-state index contributed by atoms with van der Waals surface area (Å²) in [4.78, 5) is 14.0. The summed E-state index contributed by atoms with van der Waals surface area (Å²) in [6, 6.07) is 12.3. The summed E-state index contributed by atoms with van der Waals surface area (Å²) in [5.41, 5.74) is 6.01. The fraction of sp³-hybridized carbons (Fsp3) is 0.414.